The molecule has 0 atom stereocenters. The van der Waals surface area contributed by atoms with E-state index in [1.54, 1.807) is 49.8 Å². The molecule has 0 radical (unpaired) electrons. The average molecular weight is 271 g/mol. The summed E-state index contributed by atoms with van der Waals surface area (Å²) in [6.07, 6.45) is 3.21. The van der Waals surface area contributed by atoms with Gasteiger partial charge in [-0.25, -0.2) is 0 Å². The van der Waals surface area contributed by atoms with Crippen LogP contribution in [0.5, 0.6) is 5.75 Å². The first-order valence-electron chi connectivity index (χ1n) is 6.38. The molecule has 0 aliphatic carbocycles. The second-order valence-corrected chi connectivity index (χ2v) is 4.13. The number of nitrogens with one attached hydrogen (secondary N) is 2. The van der Waals surface area contributed by atoms with Gasteiger partial charge in [0, 0.05) is 24.6 Å². The predicted octanol–water partition coefficient (Wildman–Crippen LogP) is 2.77. The van der Waals surface area contributed by atoms with Crippen LogP contribution in [0.3, 0.4) is 0 Å². The van der Waals surface area contributed by atoms with Gasteiger partial charge in [-0.3, -0.25) is 9.78 Å². The second-order valence-electron chi connectivity index (χ2n) is 4.13. The quantitative estimate of drug-likeness (QED) is 0.877. The Hall–Kier alpha value is -2.56. The molecule has 1 aromatic carbocycles. The molecule has 2 N–H and O–H groups in total. The van der Waals surface area contributed by atoms with Crippen molar-refractivity contribution < 1.29 is 9.53 Å². The Morgan fingerprint density at radius 2 is 2.00 bits per heavy atom. The molecule has 20 heavy (non-hydrogen) atoms. The van der Waals surface area contributed by atoms with E-state index in [-0.39, 0.29) is 5.91 Å². The van der Waals surface area contributed by atoms with Crippen LogP contribution in [0, 0.1) is 0 Å². The molecule has 1 aromatic heterocycles. The van der Waals surface area contributed by atoms with Crippen LogP contribution in [0.2, 0.25) is 0 Å². The fourth-order valence-electron chi connectivity index (χ4n) is 1.79. The second kappa shape index (κ2) is 6.56. The van der Waals surface area contributed by atoms with Gasteiger partial charge in [0.1, 0.15) is 5.75 Å². The van der Waals surface area contributed by atoms with Crippen LogP contribution >= 0.6 is 0 Å². The molecule has 0 bridgehead atoms. The summed E-state index contributed by atoms with van der Waals surface area (Å²) >= 11 is 0. The number of hydrogen-bond acceptors (Lipinski definition) is 4. The number of benzene rings is 1. The summed E-state index contributed by atoms with van der Waals surface area (Å²) in [6, 6.07) is 8.96. The van der Waals surface area contributed by atoms with Crippen molar-refractivity contribution in [1.82, 2.24) is 4.98 Å². The van der Waals surface area contributed by atoms with E-state index in [4.69, 9.17) is 4.74 Å². The minimum atomic E-state index is -0.195. The lowest BCUT2D eigenvalue weighted by Crippen LogP contribution is -2.15. The number of pyridine rings is 1. The van der Waals surface area contributed by atoms with Crippen LogP contribution < -0.4 is 15.4 Å². The van der Waals surface area contributed by atoms with Crippen LogP contribution in [-0.4, -0.2) is 24.5 Å². The molecular formula is C15H17N3O2. The lowest BCUT2D eigenvalue weighted by Gasteiger charge is -2.10. The Kier molecular flexibility index (Phi) is 4.55. The summed E-state index contributed by atoms with van der Waals surface area (Å²) < 4.78 is 5.08. The number of carbonyl (C=O) groups is 1. The molecule has 1 heterocycles. The minimum absolute atomic E-state index is 0.195. The van der Waals surface area contributed by atoms with Gasteiger partial charge in [0.2, 0.25) is 0 Å². The number of hydrogen-bond donors (Lipinski definition) is 2. The summed E-state index contributed by atoms with van der Waals surface area (Å²) in [6.45, 7) is 2.72. The molecule has 0 unspecified atom stereocenters. The van der Waals surface area contributed by atoms with Crippen molar-refractivity contribution in [3.63, 3.8) is 0 Å². The number of nitrogens with zero attached hydrogens (tertiary/aromatic N) is 1. The monoisotopic (exact) mass is 271 g/mol. The van der Waals surface area contributed by atoms with Crippen LogP contribution in [0.15, 0.2) is 42.7 Å². The third kappa shape index (κ3) is 3.26. The fourth-order valence-corrected chi connectivity index (χ4v) is 1.79. The normalized spacial score (nSPS) is 9.90. The minimum Gasteiger partial charge on any atom is -0.497 e. The largest absolute Gasteiger partial charge is 0.497 e. The van der Waals surface area contributed by atoms with Crippen molar-refractivity contribution in [3.8, 4) is 5.75 Å². The van der Waals surface area contributed by atoms with Crippen molar-refractivity contribution in [2.75, 3.05) is 24.3 Å². The van der Waals surface area contributed by atoms with E-state index in [0.717, 1.165) is 18.0 Å². The van der Waals surface area contributed by atoms with E-state index in [9.17, 15) is 4.79 Å². The van der Waals surface area contributed by atoms with E-state index in [1.165, 1.54) is 0 Å². The van der Waals surface area contributed by atoms with Gasteiger partial charge in [-0.15, -0.1) is 0 Å². The van der Waals surface area contributed by atoms with Gasteiger partial charge in [-0.1, -0.05) is 0 Å². The van der Waals surface area contributed by atoms with Crippen molar-refractivity contribution in [2.24, 2.45) is 0 Å². The number of methoxy groups -OCH3 is 1. The molecule has 5 heteroatoms. The first kappa shape index (κ1) is 13.9. The first-order valence-corrected chi connectivity index (χ1v) is 6.38. The van der Waals surface area contributed by atoms with E-state index in [0.29, 0.717) is 11.3 Å². The number of carbonyl (C=O) groups excluding carboxylic acids is 1. The fraction of sp³-hybridized carbons (Fsp3) is 0.200. The van der Waals surface area contributed by atoms with E-state index in [1.807, 2.05) is 6.92 Å². The number of aromatic nitrogens is 1. The Morgan fingerprint density at radius 3 is 2.65 bits per heavy atom. The molecule has 0 aliphatic rings. The highest BCUT2D eigenvalue weighted by atomic mass is 16.5. The number of rotatable bonds is 5. The average Bonchev–Trinajstić information content (AvgIpc) is 2.49. The predicted molar refractivity (Wildman–Crippen MR) is 79.3 cm³/mol. The van der Waals surface area contributed by atoms with Crippen LogP contribution in [-0.2, 0) is 0 Å². The van der Waals surface area contributed by atoms with E-state index >= 15 is 0 Å². The Labute approximate surface area is 118 Å². The van der Waals surface area contributed by atoms with Crippen molar-refractivity contribution in [1.29, 1.82) is 0 Å². The Morgan fingerprint density at radius 1 is 1.25 bits per heavy atom. The number of ether oxygens (including phenoxy) is 1. The Bertz CT molecular complexity index is 582. The molecule has 2 aromatic rings. The van der Waals surface area contributed by atoms with Crippen LogP contribution in [0.25, 0.3) is 0 Å². The standard InChI is InChI=1S/C15H17N3O2/c1-3-17-14-8-9-16-10-13(14)15(19)18-11-4-6-12(20-2)7-5-11/h4-10H,3H2,1-2H3,(H,16,17)(H,18,19). The maximum atomic E-state index is 12.2. The van der Waals surface area contributed by atoms with Crippen molar-refractivity contribution in [2.45, 2.75) is 6.92 Å². The highest BCUT2D eigenvalue weighted by molar-refractivity contribution is 6.07. The smallest absolute Gasteiger partial charge is 0.259 e. The van der Waals surface area contributed by atoms with Crippen molar-refractivity contribution >= 4 is 17.3 Å². The molecule has 104 valence electrons. The highest BCUT2D eigenvalue weighted by Crippen LogP contribution is 2.18. The highest BCUT2D eigenvalue weighted by Gasteiger charge is 2.11. The zero-order valence-corrected chi connectivity index (χ0v) is 11.5. The van der Waals surface area contributed by atoms with Gasteiger partial charge in [-0.2, -0.15) is 0 Å². The summed E-state index contributed by atoms with van der Waals surface area (Å²) in [5.41, 5.74) is 2.00. The summed E-state index contributed by atoms with van der Waals surface area (Å²) in [5.74, 6) is 0.553. The van der Waals surface area contributed by atoms with Crippen LogP contribution in [0.4, 0.5) is 11.4 Å². The van der Waals surface area contributed by atoms with Gasteiger partial charge < -0.3 is 15.4 Å². The molecule has 0 saturated heterocycles. The van der Waals surface area contributed by atoms with Crippen molar-refractivity contribution in [3.05, 3.63) is 48.3 Å². The molecule has 1 amide bonds. The number of amides is 1. The first-order chi connectivity index (χ1) is 9.74. The van der Waals surface area contributed by atoms with Gasteiger partial charge >= 0.3 is 0 Å². The maximum Gasteiger partial charge on any atom is 0.259 e. The summed E-state index contributed by atoms with van der Waals surface area (Å²) in [7, 11) is 1.60. The zero-order chi connectivity index (χ0) is 14.4. The molecule has 0 fully saturated rings. The third-order valence-corrected chi connectivity index (χ3v) is 2.78. The molecule has 0 spiro atoms. The molecule has 0 aliphatic heterocycles. The maximum absolute atomic E-state index is 12.2. The van der Waals surface area contributed by atoms with Gasteiger partial charge in [-0.05, 0) is 37.3 Å². The van der Waals surface area contributed by atoms with E-state index < -0.39 is 0 Å². The molecule has 5 nitrogen and oxygen atoms in total. The lowest BCUT2D eigenvalue weighted by atomic mass is 10.2. The van der Waals surface area contributed by atoms with Gasteiger partial charge in [0.05, 0.1) is 18.4 Å². The topological polar surface area (TPSA) is 63.2 Å². The van der Waals surface area contributed by atoms with Gasteiger partial charge in [0.15, 0.2) is 0 Å². The molecule has 0 saturated carbocycles. The molecule has 2 rings (SSSR count). The van der Waals surface area contributed by atoms with Crippen LogP contribution in [0.1, 0.15) is 17.3 Å². The number of anilines is 2. The zero-order valence-electron chi connectivity index (χ0n) is 11.5. The van der Waals surface area contributed by atoms with E-state index in [2.05, 4.69) is 15.6 Å². The van der Waals surface area contributed by atoms with Gasteiger partial charge in [0.25, 0.3) is 5.91 Å². The SMILES string of the molecule is CCNc1ccncc1C(=O)Nc1ccc(OC)cc1. The Balaban J connectivity index is 2.15. The summed E-state index contributed by atoms with van der Waals surface area (Å²) in [4.78, 5) is 16.2. The molecular weight excluding hydrogens is 254 g/mol. The summed E-state index contributed by atoms with van der Waals surface area (Å²) in [5, 5.41) is 5.97. The third-order valence-electron chi connectivity index (χ3n) is 2.78. The lowest BCUT2D eigenvalue weighted by molar-refractivity contribution is 0.102.